The average molecular weight is 814 g/mol. The number of benzene rings is 4. The van der Waals surface area contributed by atoms with Crippen LogP contribution >= 0.6 is 0 Å². The SMILES string of the molecule is CC(C)OC(=O)C[C@@H](C(=O)N1CCC[C@H]1C(=O)Nc1ccc(-c2[nH]c3ccc(CC(=O)[C@@H]4CCCN4C(=O)[C@@H](c4ccccc4)N(C)C)cc3c2F)cc1)c1ccccc1. The van der Waals surface area contributed by atoms with Gasteiger partial charge in [0.15, 0.2) is 11.6 Å². The molecule has 11 nitrogen and oxygen atoms in total. The molecular weight excluding hydrogens is 762 g/mol. The third-order valence-corrected chi connectivity index (χ3v) is 11.5. The number of rotatable bonds is 14. The topological polar surface area (TPSA) is 132 Å². The van der Waals surface area contributed by atoms with Crippen LogP contribution in [0.25, 0.3) is 22.2 Å². The Labute approximate surface area is 349 Å². The van der Waals surface area contributed by atoms with Crippen LogP contribution in [0.15, 0.2) is 103 Å². The summed E-state index contributed by atoms with van der Waals surface area (Å²) in [5, 5.41) is 3.27. The van der Waals surface area contributed by atoms with E-state index < -0.39 is 35.8 Å². The van der Waals surface area contributed by atoms with Gasteiger partial charge in [-0.1, -0.05) is 78.9 Å². The largest absolute Gasteiger partial charge is 0.463 e. The zero-order valence-corrected chi connectivity index (χ0v) is 34.5. The molecule has 0 radical (unpaired) electrons. The van der Waals surface area contributed by atoms with Crippen LogP contribution < -0.4 is 5.32 Å². The van der Waals surface area contributed by atoms with E-state index in [0.717, 1.165) is 12.0 Å². The number of ketones is 1. The maximum absolute atomic E-state index is 16.1. The monoisotopic (exact) mass is 813 g/mol. The maximum Gasteiger partial charge on any atom is 0.307 e. The van der Waals surface area contributed by atoms with Gasteiger partial charge in [-0.05, 0) is 94.6 Å². The molecule has 0 saturated carbocycles. The van der Waals surface area contributed by atoms with Crippen LogP contribution in [0, 0.1) is 5.82 Å². The number of carbonyl (C=O) groups excluding carboxylic acids is 5. The number of H-pyrrole nitrogens is 1. The standard InChI is InChI=1S/C48H52FN5O6/c1-30(2)60-42(56)29-36(32-13-7-5-8-14-32)47(58)54-26-12-18-40(54)46(57)50-35-22-20-33(21-23-35)44-43(49)37-27-31(19-24-38(37)51-44)28-41(55)39-17-11-25-53(39)48(59)45(52(3)4)34-15-9-6-10-16-34/h5-10,13-16,19-24,27,30,36,39-40,45,51H,11-12,17-18,25-26,28-29H2,1-4H3,(H,50,57)/t36-,39+,40+,45-/m1/s1. The van der Waals surface area contributed by atoms with Gasteiger partial charge in [0.1, 0.15) is 12.1 Å². The maximum atomic E-state index is 16.1. The minimum atomic E-state index is -0.789. The van der Waals surface area contributed by atoms with Crippen molar-refractivity contribution >= 4 is 46.1 Å². The van der Waals surface area contributed by atoms with Crippen LogP contribution in [0.1, 0.15) is 74.6 Å². The van der Waals surface area contributed by atoms with Crippen LogP contribution in [-0.2, 0) is 35.1 Å². The fourth-order valence-corrected chi connectivity index (χ4v) is 8.61. The van der Waals surface area contributed by atoms with Gasteiger partial charge in [-0.2, -0.15) is 0 Å². The molecule has 2 saturated heterocycles. The van der Waals surface area contributed by atoms with Crippen molar-refractivity contribution in [1.29, 1.82) is 0 Å². The molecule has 3 amide bonds. The Morgan fingerprint density at radius 3 is 2.05 bits per heavy atom. The highest BCUT2D eigenvalue weighted by atomic mass is 19.1. The molecule has 4 atom stereocenters. The van der Waals surface area contributed by atoms with E-state index in [-0.39, 0.29) is 48.1 Å². The number of ether oxygens (including phenoxy) is 1. The number of aromatic amines is 1. The average Bonchev–Trinajstić information content (AvgIpc) is 4.00. The Kier molecular flexibility index (Phi) is 12.9. The van der Waals surface area contributed by atoms with Gasteiger partial charge in [0, 0.05) is 41.7 Å². The van der Waals surface area contributed by atoms with Gasteiger partial charge < -0.3 is 24.8 Å². The number of esters is 1. The molecule has 2 fully saturated rings. The van der Waals surface area contributed by atoms with Crippen LogP contribution in [0.3, 0.4) is 0 Å². The zero-order chi connectivity index (χ0) is 42.5. The van der Waals surface area contributed by atoms with Crippen molar-refractivity contribution in [3.05, 3.63) is 126 Å². The molecule has 12 heteroatoms. The number of nitrogens with zero attached hydrogens (tertiary/aromatic N) is 3. The lowest BCUT2D eigenvalue weighted by atomic mass is 9.93. The van der Waals surface area contributed by atoms with E-state index in [1.54, 1.807) is 72.2 Å². The number of Topliss-reactive ketones (excluding diaryl/α,β-unsaturated/α-hetero) is 1. The summed E-state index contributed by atoms with van der Waals surface area (Å²) in [5.41, 5.74) is 4.10. The fourth-order valence-electron chi connectivity index (χ4n) is 8.61. The number of anilines is 1. The second kappa shape index (κ2) is 18.4. The summed E-state index contributed by atoms with van der Waals surface area (Å²) in [4.78, 5) is 76.2. The zero-order valence-electron chi connectivity index (χ0n) is 34.5. The number of carbonyl (C=O) groups is 5. The van der Waals surface area contributed by atoms with Crippen LogP contribution in [0.5, 0.6) is 0 Å². The number of hydrogen-bond acceptors (Lipinski definition) is 7. The lowest BCUT2D eigenvalue weighted by Gasteiger charge is -2.31. The van der Waals surface area contributed by atoms with Gasteiger partial charge in [0.25, 0.3) is 0 Å². The molecule has 2 aliphatic rings. The first-order valence-corrected chi connectivity index (χ1v) is 20.7. The Morgan fingerprint density at radius 2 is 1.42 bits per heavy atom. The van der Waals surface area contributed by atoms with Gasteiger partial charge in [0.2, 0.25) is 17.7 Å². The number of halogens is 1. The highest BCUT2D eigenvalue weighted by Gasteiger charge is 2.40. The predicted octanol–water partition coefficient (Wildman–Crippen LogP) is 7.43. The minimum absolute atomic E-state index is 0.0678. The first kappa shape index (κ1) is 42.0. The molecule has 1 aromatic heterocycles. The molecule has 0 bridgehead atoms. The second-order valence-electron chi connectivity index (χ2n) is 16.3. The summed E-state index contributed by atoms with van der Waals surface area (Å²) in [7, 11) is 3.72. The van der Waals surface area contributed by atoms with Crippen molar-refractivity contribution in [2.24, 2.45) is 0 Å². The number of likely N-dealkylation sites (tertiary alicyclic amines) is 2. The molecule has 3 heterocycles. The smallest absolute Gasteiger partial charge is 0.307 e. The van der Waals surface area contributed by atoms with Crippen molar-refractivity contribution in [3.63, 3.8) is 0 Å². The molecule has 4 aromatic carbocycles. The van der Waals surface area contributed by atoms with Gasteiger partial charge in [-0.15, -0.1) is 0 Å². The van der Waals surface area contributed by atoms with Crippen LogP contribution in [-0.4, -0.2) is 94.5 Å². The van der Waals surface area contributed by atoms with E-state index >= 15 is 4.39 Å². The first-order valence-electron chi connectivity index (χ1n) is 20.7. The minimum Gasteiger partial charge on any atom is -0.463 e. The predicted molar refractivity (Wildman–Crippen MR) is 228 cm³/mol. The molecule has 0 unspecified atom stereocenters. The third-order valence-electron chi connectivity index (χ3n) is 11.5. The van der Waals surface area contributed by atoms with Crippen LogP contribution in [0.2, 0.25) is 0 Å². The highest BCUT2D eigenvalue weighted by molar-refractivity contribution is 5.99. The normalized spacial score (nSPS) is 17.6. The van der Waals surface area contributed by atoms with Crippen molar-refractivity contribution in [2.45, 2.75) is 82.5 Å². The van der Waals surface area contributed by atoms with Crippen molar-refractivity contribution in [1.82, 2.24) is 19.7 Å². The van der Waals surface area contributed by atoms with E-state index in [1.807, 2.05) is 73.6 Å². The number of aromatic nitrogens is 1. The number of amides is 3. The third kappa shape index (κ3) is 9.18. The van der Waals surface area contributed by atoms with Crippen molar-refractivity contribution < 1.29 is 33.1 Å². The quantitative estimate of drug-likeness (QED) is 0.112. The van der Waals surface area contributed by atoms with Gasteiger partial charge in [0.05, 0.1) is 30.2 Å². The van der Waals surface area contributed by atoms with E-state index in [4.69, 9.17) is 4.74 Å². The molecule has 0 spiro atoms. The Bertz CT molecular complexity index is 2350. The van der Waals surface area contributed by atoms with E-state index in [2.05, 4.69) is 10.3 Å². The molecule has 0 aliphatic carbocycles. The summed E-state index contributed by atoms with van der Waals surface area (Å²) < 4.78 is 21.4. The molecular formula is C48H52FN5O6. The van der Waals surface area contributed by atoms with Gasteiger partial charge in [-0.25, -0.2) is 4.39 Å². The first-order chi connectivity index (χ1) is 28.9. The molecule has 60 heavy (non-hydrogen) atoms. The number of hydrogen-bond donors (Lipinski definition) is 2. The van der Waals surface area contributed by atoms with Crippen molar-refractivity contribution in [2.75, 3.05) is 32.5 Å². The lowest BCUT2D eigenvalue weighted by molar-refractivity contribution is -0.150. The van der Waals surface area contributed by atoms with Crippen LogP contribution in [0.4, 0.5) is 10.1 Å². The number of nitrogens with one attached hydrogen (secondary N) is 2. The summed E-state index contributed by atoms with van der Waals surface area (Å²) in [6, 6.07) is 28.9. The summed E-state index contributed by atoms with van der Waals surface area (Å²) in [5.74, 6) is -2.56. The van der Waals surface area contributed by atoms with Gasteiger partial charge in [-0.3, -0.25) is 28.9 Å². The Balaban J connectivity index is 1.01. The van der Waals surface area contributed by atoms with E-state index in [1.165, 1.54) is 0 Å². The Hall–Kier alpha value is -6.14. The molecule has 5 aromatic rings. The molecule has 2 N–H and O–H groups in total. The van der Waals surface area contributed by atoms with Gasteiger partial charge >= 0.3 is 5.97 Å². The highest BCUT2D eigenvalue weighted by Crippen LogP contribution is 2.33. The molecule has 312 valence electrons. The molecule has 7 rings (SSSR count). The number of fused-ring (bicyclic) bond motifs is 1. The summed E-state index contributed by atoms with van der Waals surface area (Å²) in [6.45, 7) is 4.41. The lowest BCUT2D eigenvalue weighted by Crippen LogP contribution is -2.46. The molecule has 2 aliphatic heterocycles. The summed E-state index contributed by atoms with van der Waals surface area (Å²) >= 11 is 0. The van der Waals surface area contributed by atoms with Crippen molar-refractivity contribution in [3.8, 4) is 11.3 Å². The Morgan fingerprint density at radius 1 is 0.800 bits per heavy atom. The second-order valence-corrected chi connectivity index (χ2v) is 16.3. The number of likely N-dealkylation sites (N-methyl/N-ethyl adjacent to an activating group) is 1. The summed E-state index contributed by atoms with van der Waals surface area (Å²) in [6.07, 6.45) is 2.05. The fraction of sp³-hybridized carbons (Fsp3) is 0.354. The van der Waals surface area contributed by atoms with E-state index in [0.29, 0.717) is 65.6 Å². The van der Waals surface area contributed by atoms with E-state index in [9.17, 15) is 24.0 Å².